The second-order valence-corrected chi connectivity index (χ2v) is 5.62. The Hall–Kier alpha value is -3.61. The molecule has 132 valence electrons. The molecule has 0 heterocycles. The number of hydrogen-bond donors (Lipinski definition) is 2. The summed E-state index contributed by atoms with van der Waals surface area (Å²) in [6, 6.07) is 12.1. The summed E-state index contributed by atoms with van der Waals surface area (Å²) in [5, 5.41) is 19.0. The zero-order chi connectivity index (χ0) is 18.8. The van der Waals surface area contributed by atoms with E-state index in [0.29, 0.717) is 16.9 Å². The van der Waals surface area contributed by atoms with Crippen LogP contribution in [0.25, 0.3) is 16.9 Å². The number of ketones is 1. The average Bonchev–Trinajstić information content (AvgIpc) is 2.90. The highest BCUT2D eigenvalue weighted by Gasteiger charge is 2.39. The molecule has 7 heteroatoms. The number of rotatable bonds is 5. The van der Waals surface area contributed by atoms with Gasteiger partial charge in [0.2, 0.25) is 5.78 Å². The van der Waals surface area contributed by atoms with Crippen molar-refractivity contribution in [1.82, 2.24) is 5.32 Å². The van der Waals surface area contributed by atoms with Gasteiger partial charge in [-0.25, -0.2) is 0 Å². The summed E-state index contributed by atoms with van der Waals surface area (Å²) in [5.41, 5.74) is 1.55. The van der Waals surface area contributed by atoms with Gasteiger partial charge in [-0.2, -0.15) is 0 Å². The number of aliphatic carboxylic acids is 1. The molecule has 26 heavy (non-hydrogen) atoms. The summed E-state index contributed by atoms with van der Waals surface area (Å²) in [5.74, 6) is -2.28. The lowest BCUT2D eigenvalue weighted by Gasteiger charge is -2.09. The smallest absolute Gasteiger partial charge is 0.322 e. The summed E-state index contributed by atoms with van der Waals surface area (Å²) in [7, 11) is 1.54. The number of methoxy groups -OCH3 is 1. The first-order valence-electron chi connectivity index (χ1n) is 7.72. The molecule has 1 aliphatic carbocycles. The Morgan fingerprint density at radius 3 is 2.54 bits per heavy atom. The van der Waals surface area contributed by atoms with E-state index in [2.05, 4.69) is 5.32 Å². The highest BCUT2D eigenvalue weighted by atomic mass is 16.5. The van der Waals surface area contributed by atoms with E-state index >= 15 is 0 Å². The van der Waals surface area contributed by atoms with Crippen LogP contribution in [0, 0.1) is 0 Å². The number of benzene rings is 2. The molecule has 0 fully saturated rings. The topological polar surface area (TPSA) is 116 Å². The first-order valence-corrected chi connectivity index (χ1v) is 7.72. The quantitative estimate of drug-likeness (QED) is 0.618. The number of carbonyl (C=O) groups is 3. The molecule has 0 saturated carbocycles. The van der Waals surface area contributed by atoms with Crippen LogP contribution in [0.5, 0.6) is 5.75 Å². The Kier molecular flexibility index (Phi) is 4.45. The fourth-order valence-electron chi connectivity index (χ4n) is 2.87. The molecule has 0 unspecified atom stereocenters. The summed E-state index contributed by atoms with van der Waals surface area (Å²) in [4.78, 5) is 35.6. The number of fused-ring (bicyclic) bond motifs is 1. The maximum absolute atomic E-state index is 12.8. The molecule has 0 radical (unpaired) electrons. The third kappa shape index (κ3) is 2.90. The molecule has 0 aromatic heterocycles. The van der Waals surface area contributed by atoms with Crippen LogP contribution >= 0.6 is 0 Å². The van der Waals surface area contributed by atoms with Crippen molar-refractivity contribution >= 4 is 23.4 Å². The second-order valence-electron chi connectivity index (χ2n) is 5.62. The van der Waals surface area contributed by atoms with Crippen LogP contribution in [0.2, 0.25) is 0 Å². The molecule has 2 aromatic carbocycles. The minimum Gasteiger partial charge on any atom is -0.592 e. The number of carboxylic acid groups (broad SMARTS) is 1. The Balaban J connectivity index is 2.04. The number of ether oxygens (including phenoxy) is 1. The maximum Gasteiger partial charge on any atom is 0.322 e. The first-order chi connectivity index (χ1) is 12.4. The monoisotopic (exact) mass is 354 g/mol. The Morgan fingerprint density at radius 1 is 1.15 bits per heavy atom. The SMILES string of the molecule is COc1cccc(-c2cccc3c2C(=O)C(C(=O)NCC(=O)O)=C3[OH2+])c1. The van der Waals surface area contributed by atoms with E-state index in [0.717, 1.165) is 5.56 Å². The van der Waals surface area contributed by atoms with Crippen LogP contribution in [0.1, 0.15) is 15.9 Å². The Labute approximate surface area is 148 Å². The highest BCUT2D eigenvalue weighted by molar-refractivity contribution is 6.35. The first kappa shape index (κ1) is 17.2. The lowest BCUT2D eigenvalue weighted by atomic mass is 9.95. The molecule has 0 bridgehead atoms. The number of hydrogen-bond acceptors (Lipinski definition) is 4. The Morgan fingerprint density at radius 2 is 1.85 bits per heavy atom. The minimum absolute atomic E-state index is 0.211. The van der Waals surface area contributed by atoms with Gasteiger partial charge in [-0.15, -0.1) is 0 Å². The Bertz CT molecular complexity index is 960. The van der Waals surface area contributed by atoms with Gasteiger partial charge in [0.25, 0.3) is 11.7 Å². The standard InChI is InChI=1S/C19H15NO6/c1-26-11-5-2-4-10(8-11)12-6-3-7-13-15(12)18(24)16(17(13)23)19(25)20-9-14(21)22/h2-8,23H,9H2,1H3,(H,20,25)(H,21,22)/p+1. The van der Waals surface area contributed by atoms with Gasteiger partial charge in [-0.1, -0.05) is 24.3 Å². The van der Waals surface area contributed by atoms with E-state index in [1.807, 2.05) is 0 Å². The number of carbonyl (C=O) groups excluding carboxylic acids is 2. The van der Waals surface area contributed by atoms with Crippen molar-refractivity contribution in [3.8, 4) is 16.9 Å². The average molecular weight is 354 g/mol. The van der Waals surface area contributed by atoms with Crippen LogP contribution in [0.4, 0.5) is 0 Å². The van der Waals surface area contributed by atoms with Crippen LogP contribution in [-0.4, -0.2) is 41.5 Å². The molecule has 1 amide bonds. The van der Waals surface area contributed by atoms with Gasteiger partial charge in [0.15, 0.2) is 5.57 Å². The van der Waals surface area contributed by atoms with Crippen LogP contribution in [-0.2, 0) is 9.59 Å². The van der Waals surface area contributed by atoms with E-state index in [4.69, 9.17) is 14.9 Å². The molecule has 2 aromatic rings. The fraction of sp³-hybridized carbons (Fsp3) is 0.105. The largest absolute Gasteiger partial charge is 0.592 e. The zero-order valence-electron chi connectivity index (χ0n) is 13.8. The molecule has 0 atom stereocenters. The predicted molar refractivity (Wildman–Crippen MR) is 93.9 cm³/mol. The van der Waals surface area contributed by atoms with Gasteiger partial charge in [-0.05, 0) is 29.3 Å². The maximum atomic E-state index is 12.8. The van der Waals surface area contributed by atoms with Gasteiger partial charge in [0.1, 0.15) is 12.3 Å². The molecule has 4 N–H and O–H groups in total. The molecular weight excluding hydrogens is 338 g/mol. The van der Waals surface area contributed by atoms with Crippen molar-refractivity contribution in [3.05, 3.63) is 59.2 Å². The number of nitrogens with one attached hydrogen (secondary N) is 1. The molecule has 3 rings (SSSR count). The normalized spacial score (nSPS) is 12.7. The van der Waals surface area contributed by atoms with E-state index in [1.54, 1.807) is 42.5 Å². The van der Waals surface area contributed by atoms with Gasteiger partial charge in [0, 0.05) is 5.56 Å². The summed E-state index contributed by atoms with van der Waals surface area (Å²) < 4.78 is 5.21. The third-order valence-electron chi connectivity index (χ3n) is 4.05. The van der Waals surface area contributed by atoms with E-state index in [1.165, 1.54) is 7.11 Å². The highest BCUT2D eigenvalue weighted by Crippen LogP contribution is 2.38. The molecule has 0 saturated heterocycles. The minimum atomic E-state index is -1.23. The van der Waals surface area contributed by atoms with Gasteiger partial charge in [-0.3, -0.25) is 14.4 Å². The fourth-order valence-corrected chi connectivity index (χ4v) is 2.87. The van der Waals surface area contributed by atoms with Crippen LogP contribution < -0.4 is 10.1 Å². The number of Topliss-reactive ketones (excluding diaryl/α,β-unsaturated/α-hetero) is 1. The molecule has 1 aliphatic rings. The second kappa shape index (κ2) is 6.72. The van der Waals surface area contributed by atoms with Gasteiger partial charge >= 0.3 is 5.97 Å². The zero-order valence-corrected chi connectivity index (χ0v) is 13.8. The van der Waals surface area contributed by atoms with Crippen LogP contribution in [0.15, 0.2) is 48.0 Å². The van der Waals surface area contributed by atoms with Crippen molar-refractivity contribution in [2.75, 3.05) is 13.7 Å². The van der Waals surface area contributed by atoms with Gasteiger partial charge < -0.3 is 20.3 Å². The van der Waals surface area contributed by atoms with Crippen molar-refractivity contribution in [2.24, 2.45) is 0 Å². The van der Waals surface area contributed by atoms with Crippen molar-refractivity contribution < 1.29 is 29.3 Å². The predicted octanol–water partition coefficient (Wildman–Crippen LogP) is 1.19. The molecule has 7 nitrogen and oxygen atoms in total. The number of carboxylic acids is 1. The van der Waals surface area contributed by atoms with Crippen molar-refractivity contribution in [1.29, 1.82) is 0 Å². The molecular formula is C19H16NO6+. The van der Waals surface area contributed by atoms with E-state index in [9.17, 15) is 14.4 Å². The third-order valence-corrected chi connectivity index (χ3v) is 4.05. The van der Waals surface area contributed by atoms with Crippen molar-refractivity contribution in [2.45, 2.75) is 0 Å². The summed E-state index contributed by atoms with van der Waals surface area (Å²) in [6.07, 6.45) is 0. The van der Waals surface area contributed by atoms with Crippen molar-refractivity contribution in [3.63, 3.8) is 0 Å². The van der Waals surface area contributed by atoms with Gasteiger partial charge in [0.05, 0.1) is 12.7 Å². The molecule has 0 spiro atoms. The summed E-state index contributed by atoms with van der Waals surface area (Å²) >= 11 is 0. The van der Waals surface area contributed by atoms with Crippen LogP contribution in [0.3, 0.4) is 0 Å². The van der Waals surface area contributed by atoms with E-state index < -0.39 is 24.2 Å². The molecule has 0 aliphatic heterocycles. The lowest BCUT2D eigenvalue weighted by Crippen LogP contribution is -2.32. The van der Waals surface area contributed by atoms with E-state index in [-0.39, 0.29) is 16.9 Å². The number of amides is 1. The summed E-state index contributed by atoms with van der Waals surface area (Å²) in [6.45, 7) is -0.623. The lowest BCUT2D eigenvalue weighted by molar-refractivity contribution is -0.137.